The van der Waals surface area contributed by atoms with Crippen LogP contribution in [0.3, 0.4) is 0 Å². The van der Waals surface area contributed by atoms with E-state index in [1.807, 2.05) is 19.9 Å². The average Bonchev–Trinajstić information content (AvgIpc) is 3.23. The number of benzene rings is 1. The molecule has 4 aliphatic carbocycles. The van der Waals surface area contributed by atoms with Gasteiger partial charge < -0.3 is 24.2 Å². The number of likely N-dealkylation sites (N-methyl/N-ethyl adjacent to an activating group) is 1. The second-order valence-electron chi connectivity index (χ2n) is 12.7. The van der Waals surface area contributed by atoms with Crippen LogP contribution in [0.1, 0.15) is 70.9 Å². The van der Waals surface area contributed by atoms with Gasteiger partial charge in [0.1, 0.15) is 11.7 Å². The highest BCUT2D eigenvalue weighted by Crippen LogP contribution is 2.75. The topological polar surface area (TPSA) is 68.2 Å². The van der Waals surface area contributed by atoms with Crippen LogP contribution < -0.4 is 9.47 Å². The fourth-order valence-electron chi connectivity index (χ4n) is 8.78. The van der Waals surface area contributed by atoms with Crippen molar-refractivity contribution < 1.29 is 24.1 Å². The lowest BCUT2D eigenvalue weighted by Gasteiger charge is -2.72. The van der Waals surface area contributed by atoms with E-state index in [2.05, 4.69) is 44.0 Å². The third-order valence-electron chi connectivity index (χ3n) is 10.5. The molecule has 1 saturated heterocycles. The van der Waals surface area contributed by atoms with Crippen LogP contribution in [0.15, 0.2) is 24.3 Å². The van der Waals surface area contributed by atoms with Gasteiger partial charge in [0.15, 0.2) is 11.5 Å². The molecule has 0 amide bonds. The lowest BCUT2D eigenvalue weighted by molar-refractivity contribution is -0.247. The number of nitrogens with zero attached hydrogens (tertiary/aromatic N) is 1. The predicted molar refractivity (Wildman–Crippen MR) is 137 cm³/mol. The van der Waals surface area contributed by atoms with E-state index in [4.69, 9.17) is 14.2 Å². The molecule has 6 aliphatic rings. The number of methoxy groups -OCH3 is 1. The van der Waals surface area contributed by atoms with Gasteiger partial charge in [-0.05, 0) is 70.2 Å². The van der Waals surface area contributed by atoms with Gasteiger partial charge in [-0.3, -0.25) is 4.79 Å². The molecule has 6 heteroatoms. The first-order valence-electron chi connectivity index (χ1n) is 13.8. The third kappa shape index (κ3) is 2.81. The zero-order valence-electron chi connectivity index (χ0n) is 22.6. The number of rotatable bonds is 7. The van der Waals surface area contributed by atoms with Gasteiger partial charge in [-0.15, -0.1) is 0 Å². The maximum absolute atomic E-state index is 12.3. The molecule has 2 spiro atoms. The maximum atomic E-state index is 12.3. The van der Waals surface area contributed by atoms with Gasteiger partial charge in [0.2, 0.25) is 0 Å². The number of hydrogen-bond acceptors (Lipinski definition) is 6. The molecular formula is C30H41NO5. The Morgan fingerprint density at radius 3 is 2.81 bits per heavy atom. The Hall–Kier alpha value is -1.89. The summed E-state index contributed by atoms with van der Waals surface area (Å²) in [5.74, 6) is 1.39. The number of esters is 1. The summed E-state index contributed by atoms with van der Waals surface area (Å²) < 4.78 is 19.3. The second-order valence-corrected chi connectivity index (χ2v) is 12.7. The van der Waals surface area contributed by atoms with E-state index in [9.17, 15) is 9.90 Å². The lowest BCUT2D eigenvalue weighted by Crippen LogP contribution is -2.80. The van der Waals surface area contributed by atoms with Crippen LogP contribution in [0.25, 0.3) is 0 Å². The van der Waals surface area contributed by atoms with Crippen LogP contribution in [0.2, 0.25) is 0 Å². The van der Waals surface area contributed by atoms with Crippen molar-refractivity contribution in [2.45, 2.75) is 95.0 Å². The first-order chi connectivity index (χ1) is 17.1. The summed E-state index contributed by atoms with van der Waals surface area (Å²) in [6.45, 7) is 9.21. The Labute approximate surface area is 215 Å². The van der Waals surface area contributed by atoms with Gasteiger partial charge in [0.25, 0.3) is 0 Å². The highest BCUT2D eigenvalue weighted by Gasteiger charge is 2.80. The molecule has 2 aliphatic heterocycles. The quantitative estimate of drug-likeness (QED) is 0.343. The van der Waals surface area contributed by atoms with Gasteiger partial charge in [-0.2, -0.15) is 0 Å². The monoisotopic (exact) mass is 495 g/mol. The van der Waals surface area contributed by atoms with Crippen molar-refractivity contribution >= 4 is 5.97 Å². The molecule has 1 N–H and O–H groups in total. The molecule has 4 bridgehead atoms. The van der Waals surface area contributed by atoms with E-state index in [1.54, 1.807) is 7.11 Å². The number of carbonyl (C=O) groups excluding carboxylic acids is 1. The van der Waals surface area contributed by atoms with Crippen LogP contribution in [0, 0.1) is 17.3 Å². The van der Waals surface area contributed by atoms with Crippen LogP contribution in [-0.2, 0) is 21.4 Å². The highest BCUT2D eigenvalue weighted by molar-refractivity contribution is 5.75. The number of likely N-dealkylation sites (tertiary alicyclic amines) is 1. The van der Waals surface area contributed by atoms with Crippen LogP contribution >= 0.6 is 0 Å². The molecule has 196 valence electrons. The normalized spacial score (nSPS) is 39.1. The van der Waals surface area contributed by atoms with Crippen molar-refractivity contribution in [1.29, 1.82) is 0 Å². The van der Waals surface area contributed by atoms with Gasteiger partial charge in [-0.25, -0.2) is 0 Å². The summed E-state index contributed by atoms with van der Waals surface area (Å²) in [5, 5.41) is 12.0. The van der Waals surface area contributed by atoms with Crippen molar-refractivity contribution in [1.82, 2.24) is 4.90 Å². The number of fused-ring (bicyclic) bond motifs is 1. The minimum atomic E-state index is -0.900. The Morgan fingerprint density at radius 1 is 1.33 bits per heavy atom. The molecule has 1 unspecified atom stereocenters. The fraction of sp³-hybridized carbons (Fsp3) is 0.700. The molecule has 0 radical (unpaired) electrons. The van der Waals surface area contributed by atoms with E-state index in [0.717, 1.165) is 44.4 Å². The van der Waals surface area contributed by atoms with Gasteiger partial charge >= 0.3 is 5.97 Å². The molecule has 0 aromatic heterocycles. The van der Waals surface area contributed by atoms with Crippen LogP contribution in [0.4, 0.5) is 0 Å². The maximum Gasteiger partial charge on any atom is 0.311 e. The van der Waals surface area contributed by atoms with Gasteiger partial charge in [0.05, 0.1) is 11.0 Å². The molecule has 36 heavy (non-hydrogen) atoms. The zero-order valence-corrected chi connectivity index (χ0v) is 22.6. The van der Waals surface area contributed by atoms with Gasteiger partial charge in [-0.1, -0.05) is 39.0 Å². The Kier molecular flexibility index (Phi) is 5.30. The number of hydrogen-bond donors (Lipinski definition) is 1. The molecular weight excluding hydrogens is 454 g/mol. The Bertz CT molecular complexity index is 1130. The zero-order chi connectivity index (χ0) is 25.7. The van der Waals surface area contributed by atoms with Crippen LogP contribution in [-0.4, -0.2) is 60.0 Å². The molecule has 6 nitrogen and oxygen atoms in total. The second kappa shape index (κ2) is 7.81. The SMILES string of the molecule is CCC(=O)Oc1ccc2c3c1O[C@H]1[C@]4(OC)C=CC5(C[C@@H]4[C@](C)(O)CCC(C)C)[C@@H](C2)N(C)CC[C@]315. The summed E-state index contributed by atoms with van der Waals surface area (Å²) in [7, 11) is 4.01. The molecule has 7 rings (SSSR count). The van der Waals surface area contributed by atoms with Crippen molar-refractivity contribution in [2.75, 3.05) is 20.7 Å². The molecule has 1 aromatic rings. The predicted octanol–water partition coefficient (Wildman–Crippen LogP) is 4.41. The standard InChI is InChI=1S/C30H41NO5/c1-7-23(32)35-20-9-8-19-16-22-28-12-13-30(34-6,21(17-28)27(4,33)11-10-18(2)3)26-29(28,14-15-31(22)5)24(19)25(20)36-26/h8-9,12-13,18,21-22,26,33H,7,10-11,14-17H2,1-6H3/t21-,22-,26-,27-,28?,29+,30+/m1/s1. The fourth-order valence-corrected chi connectivity index (χ4v) is 8.78. The van der Waals surface area contributed by atoms with E-state index >= 15 is 0 Å². The summed E-state index contributed by atoms with van der Waals surface area (Å²) in [4.78, 5) is 14.8. The summed E-state index contributed by atoms with van der Waals surface area (Å²) in [6, 6.07) is 4.37. The Balaban J connectivity index is 1.56. The van der Waals surface area contributed by atoms with Crippen molar-refractivity contribution in [2.24, 2.45) is 17.3 Å². The summed E-state index contributed by atoms with van der Waals surface area (Å²) in [6.07, 6.45) is 9.10. The lowest BCUT2D eigenvalue weighted by atomic mass is 9.36. The number of ether oxygens (including phenoxy) is 3. The van der Waals surface area contributed by atoms with Crippen molar-refractivity contribution in [3.05, 3.63) is 35.4 Å². The first kappa shape index (κ1) is 24.4. The van der Waals surface area contributed by atoms with Crippen molar-refractivity contribution in [3.8, 4) is 11.5 Å². The minimum Gasteiger partial charge on any atom is -0.482 e. The van der Waals surface area contributed by atoms with Crippen molar-refractivity contribution in [3.63, 3.8) is 0 Å². The smallest absolute Gasteiger partial charge is 0.311 e. The first-order valence-corrected chi connectivity index (χ1v) is 13.8. The van der Waals surface area contributed by atoms with E-state index in [-0.39, 0.29) is 28.8 Å². The van der Waals surface area contributed by atoms with Gasteiger partial charge in [0, 0.05) is 36.5 Å². The minimum absolute atomic E-state index is 0.108. The average molecular weight is 496 g/mol. The molecule has 2 heterocycles. The largest absolute Gasteiger partial charge is 0.482 e. The molecule has 1 saturated carbocycles. The summed E-state index contributed by atoms with van der Waals surface area (Å²) in [5.41, 5.74) is 0.413. The number of aliphatic hydroxyl groups is 1. The van der Waals surface area contributed by atoms with E-state index < -0.39 is 11.2 Å². The molecule has 2 fully saturated rings. The molecule has 7 atom stereocenters. The Morgan fingerprint density at radius 2 is 2.11 bits per heavy atom. The summed E-state index contributed by atoms with van der Waals surface area (Å²) >= 11 is 0. The molecule has 1 aromatic carbocycles. The highest BCUT2D eigenvalue weighted by atomic mass is 16.6. The number of piperidine rings is 1. The van der Waals surface area contributed by atoms with E-state index in [0.29, 0.717) is 24.1 Å². The van der Waals surface area contributed by atoms with Crippen LogP contribution in [0.5, 0.6) is 11.5 Å². The number of carbonyl (C=O) groups is 1. The van der Waals surface area contributed by atoms with E-state index in [1.165, 1.54) is 11.1 Å². The third-order valence-corrected chi connectivity index (χ3v) is 10.5.